The van der Waals surface area contributed by atoms with Crippen LogP contribution in [0.25, 0.3) is 11.3 Å². The van der Waals surface area contributed by atoms with Gasteiger partial charge in [0.1, 0.15) is 17.5 Å². The van der Waals surface area contributed by atoms with Crippen molar-refractivity contribution < 1.29 is 14.6 Å². The maximum absolute atomic E-state index is 12.1. The number of hydrogen-bond donors (Lipinski definition) is 1. The molecule has 0 bridgehead atoms. The van der Waals surface area contributed by atoms with Crippen LogP contribution < -0.4 is 4.74 Å². The second-order valence-electron chi connectivity index (χ2n) is 6.00. The summed E-state index contributed by atoms with van der Waals surface area (Å²) in [5, 5.41) is 9.72. The molecule has 0 aliphatic heterocycles. The maximum atomic E-state index is 12.1. The first-order valence-electron chi connectivity index (χ1n) is 8.47. The number of hydrogen-bond acceptors (Lipinski definition) is 5. The highest BCUT2D eigenvalue weighted by Crippen LogP contribution is 2.24. The number of carbonyl (C=O) groups is 1. The molecule has 3 aromatic rings. The van der Waals surface area contributed by atoms with Crippen LogP contribution in [0.5, 0.6) is 11.6 Å². The van der Waals surface area contributed by atoms with Gasteiger partial charge in [0.25, 0.3) is 0 Å². The maximum Gasteiger partial charge on any atom is 0.219 e. The van der Waals surface area contributed by atoms with E-state index in [4.69, 9.17) is 4.74 Å². The summed E-state index contributed by atoms with van der Waals surface area (Å²) in [6, 6.07) is 16.4. The van der Waals surface area contributed by atoms with Crippen LogP contribution in [0.3, 0.4) is 0 Å². The lowest BCUT2D eigenvalue weighted by atomic mass is 10.1. The Balaban J connectivity index is 1.78. The lowest BCUT2D eigenvalue weighted by Crippen LogP contribution is -2.20. The van der Waals surface area contributed by atoms with E-state index in [1.807, 2.05) is 49.4 Å². The zero-order chi connectivity index (χ0) is 18.5. The Morgan fingerprint density at radius 1 is 1.12 bits per heavy atom. The van der Waals surface area contributed by atoms with Crippen molar-refractivity contribution in [3.8, 4) is 22.9 Å². The van der Waals surface area contributed by atoms with E-state index in [0.29, 0.717) is 23.7 Å². The molecule has 0 fully saturated rings. The van der Waals surface area contributed by atoms with Crippen molar-refractivity contribution >= 4 is 5.78 Å². The van der Waals surface area contributed by atoms with Crippen LogP contribution in [0.2, 0.25) is 0 Å². The average Bonchev–Trinajstić information content (AvgIpc) is 2.69. The Labute approximate surface area is 152 Å². The van der Waals surface area contributed by atoms with E-state index in [-0.39, 0.29) is 11.5 Å². The SMILES string of the molecule is CC[C@H](O)C(=O)c1cccc(-c2ccc(Oc3ccc(C)cn3)cc2)n1. The second kappa shape index (κ2) is 7.89. The summed E-state index contributed by atoms with van der Waals surface area (Å²) in [5.74, 6) is 0.834. The first-order chi connectivity index (χ1) is 12.6. The van der Waals surface area contributed by atoms with Crippen LogP contribution in [-0.4, -0.2) is 27.0 Å². The highest BCUT2D eigenvalue weighted by atomic mass is 16.5. The van der Waals surface area contributed by atoms with Gasteiger partial charge in [-0.2, -0.15) is 0 Å². The van der Waals surface area contributed by atoms with Crippen molar-refractivity contribution in [3.63, 3.8) is 0 Å². The summed E-state index contributed by atoms with van der Waals surface area (Å²) in [6.07, 6.45) is 1.10. The van der Waals surface area contributed by atoms with Crippen LogP contribution in [-0.2, 0) is 0 Å². The summed E-state index contributed by atoms with van der Waals surface area (Å²) in [7, 11) is 0. The average molecular weight is 348 g/mol. The number of rotatable bonds is 6. The number of benzene rings is 1. The largest absolute Gasteiger partial charge is 0.439 e. The van der Waals surface area contributed by atoms with Gasteiger partial charge in [-0.3, -0.25) is 4.79 Å². The number of aryl methyl sites for hydroxylation is 1. The quantitative estimate of drug-likeness (QED) is 0.676. The Morgan fingerprint density at radius 3 is 2.54 bits per heavy atom. The highest BCUT2D eigenvalue weighted by molar-refractivity contribution is 5.97. The number of ether oxygens (including phenoxy) is 1. The minimum Gasteiger partial charge on any atom is -0.439 e. The molecule has 26 heavy (non-hydrogen) atoms. The molecule has 0 saturated carbocycles. The summed E-state index contributed by atoms with van der Waals surface area (Å²) < 4.78 is 5.71. The van der Waals surface area contributed by atoms with Crippen molar-refractivity contribution in [3.05, 3.63) is 72.1 Å². The number of aliphatic hydroxyl groups excluding tert-OH is 1. The van der Waals surface area contributed by atoms with E-state index in [0.717, 1.165) is 11.1 Å². The molecule has 3 rings (SSSR count). The normalized spacial score (nSPS) is 11.8. The summed E-state index contributed by atoms with van der Waals surface area (Å²) in [5.41, 5.74) is 2.86. The molecule has 1 N–H and O–H groups in total. The van der Waals surface area contributed by atoms with E-state index in [1.54, 1.807) is 25.3 Å². The van der Waals surface area contributed by atoms with Gasteiger partial charge in [0.05, 0.1) is 5.69 Å². The van der Waals surface area contributed by atoms with Crippen molar-refractivity contribution in [2.24, 2.45) is 0 Å². The van der Waals surface area contributed by atoms with Crippen molar-refractivity contribution in [1.82, 2.24) is 9.97 Å². The van der Waals surface area contributed by atoms with E-state index >= 15 is 0 Å². The minimum absolute atomic E-state index is 0.265. The lowest BCUT2D eigenvalue weighted by molar-refractivity contribution is 0.0735. The Morgan fingerprint density at radius 2 is 1.88 bits per heavy atom. The van der Waals surface area contributed by atoms with Gasteiger partial charge in [-0.05, 0) is 55.3 Å². The molecular formula is C21H20N2O3. The fourth-order valence-electron chi connectivity index (χ4n) is 2.42. The number of pyridine rings is 2. The number of ketones is 1. The Kier molecular flexibility index (Phi) is 5.39. The van der Waals surface area contributed by atoms with Gasteiger partial charge in [0, 0.05) is 17.8 Å². The highest BCUT2D eigenvalue weighted by Gasteiger charge is 2.17. The summed E-state index contributed by atoms with van der Waals surface area (Å²) in [4.78, 5) is 20.7. The van der Waals surface area contributed by atoms with Gasteiger partial charge in [-0.25, -0.2) is 9.97 Å². The fraction of sp³-hybridized carbons (Fsp3) is 0.190. The Hall–Kier alpha value is -3.05. The minimum atomic E-state index is -1.02. The topological polar surface area (TPSA) is 72.3 Å². The van der Waals surface area contributed by atoms with Gasteiger partial charge in [-0.1, -0.05) is 19.1 Å². The number of aromatic nitrogens is 2. The Bertz CT molecular complexity index is 890. The third kappa shape index (κ3) is 4.13. The zero-order valence-corrected chi connectivity index (χ0v) is 14.7. The van der Waals surface area contributed by atoms with Gasteiger partial charge in [0.15, 0.2) is 0 Å². The molecule has 0 saturated heterocycles. The molecule has 0 unspecified atom stereocenters. The third-order valence-corrected chi connectivity index (χ3v) is 3.95. The molecule has 0 spiro atoms. The molecule has 5 nitrogen and oxygen atoms in total. The smallest absolute Gasteiger partial charge is 0.219 e. The van der Waals surface area contributed by atoms with E-state index in [2.05, 4.69) is 9.97 Å². The molecule has 0 aliphatic carbocycles. The molecule has 5 heteroatoms. The molecule has 132 valence electrons. The van der Waals surface area contributed by atoms with Crippen LogP contribution in [0, 0.1) is 6.92 Å². The van der Waals surface area contributed by atoms with Gasteiger partial charge in [-0.15, -0.1) is 0 Å². The number of Topliss-reactive ketones (excluding diaryl/α,β-unsaturated/α-hetero) is 1. The third-order valence-electron chi connectivity index (χ3n) is 3.95. The molecule has 0 radical (unpaired) electrons. The monoisotopic (exact) mass is 348 g/mol. The van der Waals surface area contributed by atoms with Gasteiger partial charge >= 0.3 is 0 Å². The van der Waals surface area contributed by atoms with Crippen LogP contribution in [0.4, 0.5) is 0 Å². The molecule has 0 amide bonds. The number of nitrogens with zero attached hydrogens (tertiary/aromatic N) is 2. The van der Waals surface area contributed by atoms with E-state index < -0.39 is 6.10 Å². The molecule has 1 atom stereocenters. The fourth-order valence-corrected chi connectivity index (χ4v) is 2.42. The van der Waals surface area contributed by atoms with Crippen molar-refractivity contribution in [2.75, 3.05) is 0 Å². The van der Waals surface area contributed by atoms with Gasteiger partial charge < -0.3 is 9.84 Å². The lowest BCUT2D eigenvalue weighted by Gasteiger charge is -2.09. The summed E-state index contributed by atoms with van der Waals surface area (Å²) in [6.45, 7) is 3.73. The van der Waals surface area contributed by atoms with Crippen molar-refractivity contribution in [1.29, 1.82) is 0 Å². The summed E-state index contributed by atoms with van der Waals surface area (Å²) >= 11 is 0. The predicted octanol–water partition coefficient (Wildman–Crippen LogP) is 4.20. The molecular weight excluding hydrogens is 328 g/mol. The van der Waals surface area contributed by atoms with Crippen LogP contribution in [0.15, 0.2) is 60.8 Å². The predicted molar refractivity (Wildman–Crippen MR) is 99.3 cm³/mol. The van der Waals surface area contributed by atoms with E-state index in [9.17, 15) is 9.90 Å². The van der Waals surface area contributed by atoms with E-state index in [1.165, 1.54) is 0 Å². The first-order valence-corrected chi connectivity index (χ1v) is 8.47. The zero-order valence-electron chi connectivity index (χ0n) is 14.7. The molecule has 2 aromatic heterocycles. The molecule has 1 aromatic carbocycles. The first kappa shape index (κ1) is 17.8. The second-order valence-corrected chi connectivity index (χ2v) is 6.00. The van der Waals surface area contributed by atoms with Crippen LogP contribution in [0.1, 0.15) is 29.4 Å². The molecule has 0 aliphatic rings. The standard InChI is InChI=1S/C21H20N2O3/c1-3-19(24)21(25)18-6-4-5-17(23-18)15-8-10-16(11-9-15)26-20-12-7-14(2)13-22-20/h4-13,19,24H,3H2,1-2H3/t19-/m0/s1. The number of aliphatic hydroxyl groups is 1. The van der Waals surface area contributed by atoms with Gasteiger partial charge in [0.2, 0.25) is 11.7 Å². The van der Waals surface area contributed by atoms with Crippen LogP contribution >= 0.6 is 0 Å². The molecule has 2 heterocycles. The number of carbonyl (C=O) groups excluding carboxylic acids is 1. The van der Waals surface area contributed by atoms with Crippen molar-refractivity contribution in [2.45, 2.75) is 26.4 Å².